The number of rotatable bonds is 8. The van der Waals surface area contributed by atoms with E-state index in [0.29, 0.717) is 38.5 Å². The van der Waals surface area contributed by atoms with Crippen molar-refractivity contribution >= 4 is 58.2 Å². The third-order valence-electron chi connectivity index (χ3n) is 6.74. The molecule has 2 aromatic heterocycles. The minimum absolute atomic E-state index is 0.169. The summed E-state index contributed by atoms with van der Waals surface area (Å²) in [4.78, 5) is 41.9. The number of nitrogens with one attached hydrogen (secondary N) is 2. The van der Waals surface area contributed by atoms with Crippen molar-refractivity contribution in [3.63, 3.8) is 0 Å². The van der Waals surface area contributed by atoms with Crippen LogP contribution in [-0.2, 0) is 4.79 Å². The summed E-state index contributed by atoms with van der Waals surface area (Å²) >= 11 is 12.3. The van der Waals surface area contributed by atoms with Gasteiger partial charge in [-0.2, -0.15) is 0 Å². The third-order valence-corrected chi connectivity index (χ3v) is 7.37. The fourth-order valence-corrected chi connectivity index (χ4v) is 5.21. The maximum Gasteiger partial charge on any atom is 0.335 e. The van der Waals surface area contributed by atoms with Crippen molar-refractivity contribution in [2.75, 3.05) is 10.2 Å². The molecule has 1 fully saturated rings. The van der Waals surface area contributed by atoms with E-state index in [-0.39, 0.29) is 28.7 Å². The molecule has 4 N–H and O–H groups in total. The Hall–Kier alpha value is -4.74. The van der Waals surface area contributed by atoms with Crippen molar-refractivity contribution in [2.24, 2.45) is 5.92 Å². The molecule has 3 heterocycles. The maximum absolute atomic E-state index is 12.2. The highest BCUT2D eigenvalue weighted by Gasteiger charge is 2.42. The lowest BCUT2D eigenvalue weighted by atomic mass is 10.0. The highest BCUT2D eigenvalue weighted by Crippen LogP contribution is 2.44. The van der Waals surface area contributed by atoms with Crippen LogP contribution in [0.1, 0.15) is 58.1 Å². The van der Waals surface area contributed by atoms with E-state index in [1.807, 2.05) is 17.0 Å². The Labute approximate surface area is 250 Å². The Balaban J connectivity index is 1.58. The van der Waals surface area contributed by atoms with E-state index >= 15 is 0 Å². The van der Waals surface area contributed by atoms with Gasteiger partial charge in [0.25, 0.3) is 0 Å². The van der Waals surface area contributed by atoms with Crippen LogP contribution in [0.5, 0.6) is 0 Å². The van der Waals surface area contributed by atoms with Crippen molar-refractivity contribution < 1.29 is 29.0 Å². The Morgan fingerprint density at radius 1 is 1.02 bits per heavy atom. The third kappa shape index (κ3) is 5.69. The highest BCUT2D eigenvalue weighted by molar-refractivity contribution is 7.80. The Bertz CT molecular complexity index is 1670. The first-order valence-electron chi connectivity index (χ1n) is 12.9. The first kappa shape index (κ1) is 28.8. The number of halogens is 1. The van der Waals surface area contributed by atoms with Gasteiger partial charge in [0, 0.05) is 23.4 Å². The maximum atomic E-state index is 12.2. The van der Waals surface area contributed by atoms with Crippen molar-refractivity contribution in [1.29, 1.82) is 0 Å². The average molecular weight is 605 g/mol. The average Bonchev–Trinajstić information content (AvgIpc) is 3.59. The highest BCUT2D eigenvalue weighted by atomic mass is 35.5. The Morgan fingerprint density at radius 2 is 1.74 bits per heavy atom. The quantitative estimate of drug-likeness (QED) is 0.172. The molecule has 0 bridgehead atoms. The molecule has 214 valence electrons. The number of furan rings is 1. The first-order valence-corrected chi connectivity index (χ1v) is 13.6. The molecule has 12 heteroatoms. The number of thiocarbonyl (C=S) groups is 1. The molecular formula is C30H25ClN4O6S. The standard InChI is InChI=1S/C30H25ClN4O6S/c1-15(2)27(36)33-21-7-6-19(14-20(21)31)35-26(25(34-30(35)42)22-5-3-4-10-32-22)24-9-8-23(41-24)16-11-17(28(37)38)13-18(12-16)29(39)40/h3-15,25-26H,1-2H3,(H,33,36)(H,34,42)(H,37,38)(H,39,40)/t25-,26+/m0/s1. The normalized spacial score (nSPS) is 16.4. The molecule has 1 aliphatic rings. The van der Waals surface area contributed by atoms with Crippen LogP contribution in [0.15, 0.2) is 77.3 Å². The summed E-state index contributed by atoms with van der Waals surface area (Å²) in [5.74, 6) is -2.19. The van der Waals surface area contributed by atoms with Crippen LogP contribution in [0.4, 0.5) is 11.4 Å². The summed E-state index contributed by atoms with van der Waals surface area (Å²) in [7, 11) is 0. The molecule has 2 aromatic carbocycles. The number of pyridine rings is 1. The van der Waals surface area contributed by atoms with Crippen LogP contribution in [-0.4, -0.2) is 38.2 Å². The van der Waals surface area contributed by atoms with Gasteiger partial charge in [0.2, 0.25) is 5.91 Å². The second-order valence-electron chi connectivity index (χ2n) is 9.92. The number of benzene rings is 2. The summed E-state index contributed by atoms with van der Waals surface area (Å²) in [5, 5.41) is 25.8. The number of aromatic carboxylic acids is 2. The van der Waals surface area contributed by atoms with Gasteiger partial charge in [0.05, 0.1) is 33.6 Å². The van der Waals surface area contributed by atoms with Crippen LogP contribution in [0.2, 0.25) is 5.02 Å². The van der Waals surface area contributed by atoms with E-state index in [0.717, 1.165) is 6.07 Å². The molecule has 42 heavy (non-hydrogen) atoms. The van der Waals surface area contributed by atoms with Gasteiger partial charge < -0.3 is 30.2 Å². The van der Waals surface area contributed by atoms with Crippen LogP contribution in [0, 0.1) is 5.92 Å². The van der Waals surface area contributed by atoms with E-state index in [1.54, 1.807) is 56.4 Å². The van der Waals surface area contributed by atoms with Crippen LogP contribution in [0.25, 0.3) is 11.3 Å². The topological polar surface area (TPSA) is 145 Å². The number of amides is 1. The molecule has 0 aliphatic carbocycles. The first-order chi connectivity index (χ1) is 20.0. The predicted octanol–water partition coefficient (Wildman–Crippen LogP) is 6.16. The molecule has 4 aromatic rings. The summed E-state index contributed by atoms with van der Waals surface area (Å²) in [6.45, 7) is 3.57. The molecule has 1 amide bonds. The zero-order valence-electron chi connectivity index (χ0n) is 22.4. The fraction of sp³-hybridized carbons (Fsp3) is 0.167. The molecule has 5 rings (SSSR count). The van der Waals surface area contributed by atoms with Crippen LogP contribution in [0.3, 0.4) is 0 Å². The molecule has 1 aliphatic heterocycles. The van der Waals surface area contributed by atoms with Gasteiger partial charge >= 0.3 is 11.9 Å². The molecule has 0 spiro atoms. The number of carboxylic acids is 2. The van der Waals surface area contributed by atoms with Crippen molar-refractivity contribution in [3.05, 3.63) is 101 Å². The second kappa shape index (κ2) is 11.6. The van der Waals surface area contributed by atoms with E-state index in [2.05, 4.69) is 15.6 Å². The SMILES string of the molecule is CC(C)C(=O)Nc1ccc(N2C(=S)N[C@@H](c3ccccn3)[C@H]2c2ccc(-c3cc(C(=O)O)cc(C(=O)O)c3)o2)cc1Cl. The lowest BCUT2D eigenvalue weighted by molar-refractivity contribution is -0.118. The summed E-state index contributed by atoms with van der Waals surface area (Å²) in [6.07, 6.45) is 1.67. The molecule has 2 atom stereocenters. The van der Waals surface area contributed by atoms with Crippen molar-refractivity contribution in [1.82, 2.24) is 10.3 Å². The minimum Gasteiger partial charge on any atom is -0.478 e. The fourth-order valence-electron chi connectivity index (χ4n) is 4.64. The van der Waals surface area contributed by atoms with E-state index in [9.17, 15) is 24.6 Å². The zero-order valence-corrected chi connectivity index (χ0v) is 23.9. The number of aromatic nitrogens is 1. The van der Waals surface area contributed by atoms with Gasteiger partial charge in [0.15, 0.2) is 5.11 Å². The lowest BCUT2D eigenvalue weighted by Gasteiger charge is -2.26. The predicted molar refractivity (Wildman–Crippen MR) is 161 cm³/mol. The monoisotopic (exact) mass is 604 g/mol. The second-order valence-corrected chi connectivity index (χ2v) is 10.7. The van der Waals surface area contributed by atoms with Gasteiger partial charge in [0.1, 0.15) is 17.6 Å². The van der Waals surface area contributed by atoms with Crippen molar-refractivity contribution in [2.45, 2.75) is 25.9 Å². The number of hydrogen-bond acceptors (Lipinski definition) is 6. The van der Waals surface area contributed by atoms with Crippen molar-refractivity contribution in [3.8, 4) is 11.3 Å². The summed E-state index contributed by atoms with van der Waals surface area (Å²) < 4.78 is 6.26. The van der Waals surface area contributed by atoms with E-state index in [4.69, 9.17) is 28.2 Å². The number of carbonyl (C=O) groups is 3. The van der Waals surface area contributed by atoms with Crippen LogP contribution < -0.4 is 15.5 Å². The van der Waals surface area contributed by atoms with Gasteiger partial charge in [-0.15, -0.1) is 0 Å². The van der Waals surface area contributed by atoms with Gasteiger partial charge in [-0.25, -0.2) is 9.59 Å². The Morgan fingerprint density at radius 3 is 2.33 bits per heavy atom. The van der Waals surface area contributed by atoms with Gasteiger partial charge in [-0.1, -0.05) is 31.5 Å². The molecule has 1 saturated heterocycles. The molecule has 0 radical (unpaired) electrons. The number of hydrogen-bond donors (Lipinski definition) is 4. The zero-order chi connectivity index (χ0) is 30.1. The number of carbonyl (C=O) groups excluding carboxylic acids is 1. The van der Waals surface area contributed by atoms with E-state index in [1.165, 1.54) is 12.1 Å². The Kier molecular flexibility index (Phi) is 7.97. The van der Waals surface area contributed by atoms with Gasteiger partial charge in [-0.3, -0.25) is 9.78 Å². The summed E-state index contributed by atoms with van der Waals surface area (Å²) in [5.41, 5.74) is 1.71. The number of anilines is 2. The van der Waals surface area contributed by atoms with Gasteiger partial charge in [-0.05, 0) is 72.9 Å². The molecule has 10 nitrogen and oxygen atoms in total. The molecular weight excluding hydrogens is 580 g/mol. The largest absolute Gasteiger partial charge is 0.478 e. The smallest absolute Gasteiger partial charge is 0.335 e. The molecule has 0 unspecified atom stereocenters. The van der Waals surface area contributed by atoms with Crippen LogP contribution >= 0.6 is 23.8 Å². The number of carboxylic acid groups (broad SMARTS) is 2. The minimum atomic E-state index is -1.26. The lowest BCUT2D eigenvalue weighted by Crippen LogP contribution is -2.29. The van der Waals surface area contributed by atoms with E-state index < -0.39 is 24.0 Å². The molecule has 0 saturated carbocycles. The number of nitrogens with zero attached hydrogens (tertiary/aromatic N) is 2. The summed E-state index contributed by atoms with van der Waals surface area (Å²) in [6, 6.07) is 16.8.